The standard InChI is InChI=1S/C7H13O3/c1-3-7(4-2,5-8)6(9)10/h3-5H2,1-2H3,(H,9,10). The average Bonchev–Trinajstić information content (AvgIpc) is 1.92. The lowest BCUT2D eigenvalue weighted by Crippen LogP contribution is -2.32. The van der Waals surface area contributed by atoms with Gasteiger partial charge in [0, 0.05) is 0 Å². The summed E-state index contributed by atoms with van der Waals surface area (Å²) in [7, 11) is 0. The van der Waals surface area contributed by atoms with Crippen LogP contribution >= 0.6 is 0 Å². The van der Waals surface area contributed by atoms with Gasteiger partial charge in [0.05, 0.1) is 12.0 Å². The molecule has 0 aromatic rings. The highest BCUT2D eigenvalue weighted by Gasteiger charge is 2.34. The Morgan fingerprint density at radius 2 is 1.80 bits per heavy atom. The van der Waals surface area contributed by atoms with Crippen LogP contribution < -0.4 is 0 Å². The van der Waals surface area contributed by atoms with Crippen molar-refractivity contribution in [1.29, 1.82) is 0 Å². The van der Waals surface area contributed by atoms with Crippen molar-refractivity contribution in [2.75, 3.05) is 6.61 Å². The van der Waals surface area contributed by atoms with Crippen LogP contribution in [0.1, 0.15) is 26.7 Å². The van der Waals surface area contributed by atoms with Crippen LogP contribution in [0.4, 0.5) is 0 Å². The molecule has 0 spiro atoms. The molecule has 0 fully saturated rings. The Labute approximate surface area is 60.7 Å². The number of hydrogen-bond acceptors (Lipinski definition) is 1. The molecule has 0 saturated carbocycles. The summed E-state index contributed by atoms with van der Waals surface area (Å²) in [5.41, 5.74) is -1.01. The number of carboxylic acids is 1. The minimum Gasteiger partial charge on any atom is -0.481 e. The van der Waals surface area contributed by atoms with E-state index >= 15 is 0 Å². The summed E-state index contributed by atoms with van der Waals surface area (Å²) >= 11 is 0. The second-order valence-corrected chi connectivity index (χ2v) is 2.44. The third-order valence-electron chi connectivity index (χ3n) is 2.08. The van der Waals surface area contributed by atoms with Crippen LogP contribution in [-0.4, -0.2) is 17.7 Å². The molecule has 0 aromatic heterocycles. The van der Waals surface area contributed by atoms with E-state index in [-0.39, 0.29) is 0 Å². The summed E-state index contributed by atoms with van der Waals surface area (Å²) in [5, 5.41) is 19.1. The molecule has 0 heterocycles. The van der Waals surface area contributed by atoms with E-state index in [4.69, 9.17) is 5.11 Å². The van der Waals surface area contributed by atoms with Crippen molar-refractivity contribution < 1.29 is 15.0 Å². The van der Waals surface area contributed by atoms with Crippen molar-refractivity contribution in [3.63, 3.8) is 0 Å². The van der Waals surface area contributed by atoms with Crippen LogP contribution in [0.2, 0.25) is 0 Å². The van der Waals surface area contributed by atoms with Crippen molar-refractivity contribution in [1.82, 2.24) is 0 Å². The Morgan fingerprint density at radius 1 is 1.40 bits per heavy atom. The third-order valence-corrected chi connectivity index (χ3v) is 2.08. The molecule has 0 aliphatic rings. The monoisotopic (exact) mass is 145 g/mol. The van der Waals surface area contributed by atoms with Crippen LogP contribution in [0.15, 0.2) is 0 Å². The molecule has 0 amide bonds. The second kappa shape index (κ2) is 3.56. The highest BCUT2D eigenvalue weighted by Crippen LogP contribution is 2.25. The van der Waals surface area contributed by atoms with Gasteiger partial charge in [-0.25, -0.2) is 5.11 Å². The molecule has 10 heavy (non-hydrogen) atoms. The average molecular weight is 145 g/mol. The van der Waals surface area contributed by atoms with E-state index in [9.17, 15) is 9.90 Å². The SMILES string of the molecule is CCC(CC)(C[O])C(=O)O. The molecule has 0 aliphatic heterocycles. The predicted octanol–water partition coefficient (Wildman–Crippen LogP) is 1.31. The number of rotatable bonds is 4. The highest BCUT2D eigenvalue weighted by molar-refractivity contribution is 5.74. The zero-order valence-corrected chi connectivity index (χ0v) is 6.39. The summed E-state index contributed by atoms with van der Waals surface area (Å²) in [4.78, 5) is 10.5. The molecule has 0 aromatic carbocycles. The van der Waals surface area contributed by atoms with Gasteiger partial charge in [-0.15, -0.1) is 0 Å². The van der Waals surface area contributed by atoms with Crippen LogP contribution in [-0.2, 0) is 9.90 Å². The molecule has 1 radical (unpaired) electrons. The van der Waals surface area contributed by atoms with E-state index in [0.29, 0.717) is 12.8 Å². The molecular weight excluding hydrogens is 132 g/mol. The second-order valence-electron chi connectivity index (χ2n) is 2.44. The normalized spacial score (nSPS) is 11.5. The van der Waals surface area contributed by atoms with Gasteiger partial charge in [-0.1, -0.05) is 13.8 Å². The van der Waals surface area contributed by atoms with E-state index in [1.54, 1.807) is 13.8 Å². The molecule has 59 valence electrons. The van der Waals surface area contributed by atoms with Gasteiger partial charge in [0.15, 0.2) is 0 Å². The maximum atomic E-state index is 10.5. The van der Waals surface area contributed by atoms with E-state index in [2.05, 4.69) is 0 Å². The predicted molar refractivity (Wildman–Crippen MR) is 36.2 cm³/mol. The fourth-order valence-electron chi connectivity index (χ4n) is 0.818. The molecule has 0 saturated heterocycles. The van der Waals surface area contributed by atoms with E-state index in [1.165, 1.54) is 0 Å². The van der Waals surface area contributed by atoms with Crippen LogP contribution in [0.3, 0.4) is 0 Å². The van der Waals surface area contributed by atoms with Crippen molar-refractivity contribution in [2.24, 2.45) is 5.41 Å². The molecule has 0 rings (SSSR count). The lowest BCUT2D eigenvalue weighted by Gasteiger charge is -2.21. The van der Waals surface area contributed by atoms with E-state index < -0.39 is 18.0 Å². The van der Waals surface area contributed by atoms with Gasteiger partial charge in [-0.05, 0) is 12.8 Å². The third kappa shape index (κ3) is 1.48. The summed E-state index contributed by atoms with van der Waals surface area (Å²) in [6.07, 6.45) is 0.838. The number of hydrogen-bond donors (Lipinski definition) is 1. The van der Waals surface area contributed by atoms with Crippen LogP contribution in [0.25, 0.3) is 0 Å². The van der Waals surface area contributed by atoms with Gasteiger partial charge in [0.25, 0.3) is 0 Å². The largest absolute Gasteiger partial charge is 0.481 e. The first-order valence-electron chi connectivity index (χ1n) is 3.44. The van der Waals surface area contributed by atoms with Gasteiger partial charge < -0.3 is 5.11 Å². The van der Waals surface area contributed by atoms with Crippen molar-refractivity contribution in [3.8, 4) is 0 Å². The maximum absolute atomic E-state index is 10.5. The van der Waals surface area contributed by atoms with Crippen LogP contribution in [0, 0.1) is 5.41 Å². The van der Waals surface area contributed by atoms with Gasteiger partial charge in [0.2, 0.25) is 0 Å². The Hall–Kier alpha value is -0.570. The zero-order chi connectivity index (χ0) is 8.20. The molecule has 3 nitrogen and oxygen atoms in total. The first kappa shape index (κ1) is 9.43. The topological polar surface area (TPSA) is 57.2 Å². The van der Waals surface area contributed by atoms with Crippen LogP contribution in [0.5, 0.6) is 0 Å². The molecule has 0 atom stereocenters. The summed E-state index contributed by atoms with van der Waals surface area (Å²) in [6.45, 7) is 2.94. The maximum Gasteiger partial charge on any atom is 0.312 e. The Balaban J connectivity index is 4.31. The van der Waals surface area contributed by atoms with Crippen molar-refractivity contribution >= 4 is 5.97 Å². The Bertz CT molecular complexity index is 108. The molecule has 0 unspecified atom stereocenters. The molecule has 1 N–H and O–H groups in total. The van der Waals surface area contributed by atoms with E-state index in [0.717, 1.165) is 0 Å². The summed E-state index contributed by atoms with van der Waals surface area (Å²) < 4.78 is 0. The number of carbonyl (C=O) groups is 1. The minimum atomic E-state index is -1.01. The van der Waals surface area contributed by atoms with Gasteiger partial charge >= 0.3 is 5.97 Å². The fourth-order valence-corrected chi connectivity index (χ4v) is 0.818. The molecule has 3 heteroatoms. The first-order valence-corrected chi connectivity index (χ1v) is 3.44. The summed E-state index contributed by atoms with van der Waals surface area (Å²) in [6, 6.07) is 0. The van der Waals surface area contributed by atoms with Crippen molar-refractivity contribution in [2.45, 2.75) is 26.7 Å². The molecule has 0 aliphatic carbocycles. The zero-order valence-electron chi connectivity index (χ0n) is 6.39. The molecule has 0 bridgehead atoms. The van der Waals surface area contributed by atoms with E-state index in [1.807, 2.05) is 0 Å². The lowest BCUT2D eigenvalue weighted by molar-refractivity contribution is -0.153. The lowest BCUT2D eigenvalue weighted by atomic mass is 9.83. The van der Waals surface area contributed by atoms with Gasteiger partial charge in [-0.3, -0.25) is 4.79 Å². The number of aliphatic carboxylic acids is 1. The smallest absolute Gasteiger partial charge is 0.312 e. The highest BCUT2D eigenvalue weighted by atomic mass is 16.4. The summed E-state index contributed by atoms with van der Waals surface area (Å²) in [5.74, 6) is -0.965. The van der Waals surface area contributed by atoms with Gasteiger partial charge in [-0.2, -0.15) is 0 Å². The Kier molecular flexibility index (Phi) is 3.36. The molecular formula is C7H13O3. The minimum absolute atomic E-state index is 0.419. The first-order chi connectivity index (χ1) is 4.63. The van der Waals surface area contributed by atoms with Crippen molar-refractivity contribution in [3.05, 3.63) is 0 Å². The fraction of sp³-hybridized carbons (Fsp3) is 0.857. The Morgan fingerprint density at radius 3 is 1.80 bits per heavy atom. The number of carboxylic acid groups (broad SMARTS) is 1. The quantitative estimate of drug-likeness (QED) is 0.648. The van der Waals surface area contributed by atoms with Gasteiger partial charge in [0.1, 0.15) is 0 Å².